The molecule has 0 radical (unpaired) electrons. The van der Waals surface area contributed by atoms with Crippen LogP contribution in [0.3, 0.4) is 0 Å². The zero-order valence-corrected chi connectivity index (χ0v) is 8.77. The van der Waals surface area contributed by atoms with Crippen molar-refractivity contribution in [3.05, 3.63) is 23.8 Å². The van der Waals surface area contributed by atoms with E-state index in [1.165, 1.54) is 5.56 Å². The van der Waals surface area contributed by atoms with Gasteiger partial charge < -0.3 is 15.4 Å². The summed E-state index contributed by atoms with van der Waals surface area (Å²) < 4.78 is 1.87. The minimum atomic E-state index is 0.0771. The van der Waals surface area contributed by atoms with Crippen LogP contribution in [0.5, 0.6) is 0 Å². The Morgan fingerprint density at radius 2 is 2.27 bits per heavy atom. The summed E-state index contributed by atoms with van der Waals surface area (Å²) in [5, 5.41) is 8.98. The van der Waals surface area contributed by atoms with Crippen LogP contribution < -0.4 is 5.73 Å². The molecule has 3 N–H and O–H groups in total. The van der Waals surface area contributed by atoms with Gasteiger partial charge in [-0.25, -0.2) is 4.98 Å². The Bertz CT molecular complexity index is 476. The van der Waals surface area contributed by atoms with Crippen molar-refractivity contribution in [2.75, 3.05) is 12.3 Å². The van der Waals surface area contributed by atoms with Gasteiger partial charge in [-0.3, -0.25) is 0 Å². The summed E-state index contributed by atoms with van der Waals surface area (Å²) in [5.41, 5.74) is 8.97. The smallest absolute Gasteiger partial charge is 0.201 e. The van der Waals surface area contributed by atoms with E-state index in [1.54, 1.807) is 0 Å². The normalized spacial score (nSPS) is 11.1. The minimum Gasteiger partial charge on any atom is -0.395 e. The molecule has 2 aromatic rings. The van der Waals surface area contributed by atoms with Crippen molar-refractivity contribution in [3.8, 4) is 0 Å². The second kappa shape index (κ2) is 3.90. The number of hydrogen-bond donors (Lipinski definition) is 2. The molecule has 1 heterocycles. The maximum absolute atomic E-state index is 8.98. The topological polar surface area (TPSA) is 64.1 Å². The molecule has 0 aliphatic rings. The zero-order valence-electron chi connectivity index (χ0n) is 8.77. The number of nitrogen functional groups attached to an aromatic ring is 1. The third kappa shape index (κ3) is 1.57. The first-order valence-corrected chi connectivity index (χ1v) is 5.12. The molecule has 1 aromatic heterocycles. The van der Waals surface area contributed by atoms with Gasteiger partial charge in [-0.15, -0.1) is 0 Å². The van der Waals surface area contributed by atoms with Gasteiger partial charge in [0.25, 0.3) is 0 Å². The molecular formula is C11H15N3O. The second-order valence-electron chi connectivity index (χ2n) is 3.48. The maximum Gasteiger partial charge on any atom is 0.201 e. The number of rotatable bonds is 3. The second-order valence-corrected chi connectivity index (χ2v) is 3.48. The molecule has 0 bridgehead atoms. The fraction of sp³-hybridized carbons (Fsp3) is 0.364. The van der Waals surface area contributed by atoms with Crippen LogP contribution in [0.2, 0.25) is 0 Å². The Balaban J connectivity index is 2.71. The first-order chi connectivity index (χ1) is 7.27. The number of hydrogen-bond acceptors (Lipinski definition) is 3. The molecule has 15 heavy (non-hydrogen) atoms. The van der Waals surface area contributed by atoms with Crippen molar-refractivity contribution in [2.24, 2.45) is 0 Å². The molecule has 0 aliphatic heterocycles. The highest BCUT2D eigenvalue weighted by molar-refractivity contribution is 5.81. The van der Waals surface area contributed by atoms with Crippen LogP contribution >= 0.6 is 0 Å². The van der Waals surface area contributed by atoms with Gasteiger partial charge in [0.05, 0.1) is 17.6 Å². The van der Waals surface area contributed by atoms with Crippen LogP contribution in [0.15, 0.2) is 18.2 Å². The van der Waals surface area contributed by atoms with Gasteiger partial charge >= 0.3 is 0 Å². The highest BCUT2D eigenvalue weighted by atomic mass is 16.3. The molecule has 80 valence electrons. The van der Waals surface area contributed by atoms with E-state index in [0.717, 1.165) is 17.5 Å². The maximum atomic E-state index is 8.98. The van der Waals surface area contributed by atoms with Gasteiger partial charge in [0.1, 0.15) is 0 Å². The fourth-order valence-electron chi connectivity index (χ4n) is 1.89. The number of imidazole rings is 1. The summed E-state index contributed by atoms with van der Waals surface area (Å²) in [5.74, 6) is 0.472. The SMILES string of the molecule is CCc1cccc2nc(N)n(CCO)c12. The molecule has 0 atom stereocenters. The molecule has 0 fully saturated rings. The number of aryl methyl sites for hydroxylation is 1. The Hall–Kier alpha value is -1.55. The average molecular weight is 205 g/mol. The quantitative estimate of drug-likeness (QED) is 0.790. The van der Waals surface area contributed by atoms with Crippen molar-refractivity contribution >= 4 is 17.0 Å². The largest absolute Gasteiger partial charge is 0.395 e. The summed E-state index contributed by atoms with van der Waals surface area (Å²) in [4.78, 5) is 4.27. The number of para-hydroxylation sites is 1. The summed E-state index contributed by atoms with van der Waals surface area (Å²) in [6.45, 7) is 2.67. The Labute approximate surface area is 88.3 Å². The van der Waals surface area contributed by atoms with Crippen molar-refractivity contribution < 1.29 is 5.11 Å². The van der Waals surface area contributed by atoms with E-state index in [0.29, 0.717) is 12.5 Å². The summed E-state index contributed by atoms with van der Waals surface area (Å²) in [7, 11) is 0. The minimum absolute atomic E-state index is 0.0771. The van der Waals surface area contributed by atoms with Crippen LogP contribution in [0.25, 0.3) is 11.0 Å². The van der Waals surface area contributed by atoms with Gasteiger partial charge in [-0.05, 0) is 18.1 Å². The van der Waals surface area contributed by atoms with Crippen molar-refractivity contribution in [1.29, 1.82) is 0 Å². The lowest BCUT2D eigenvalue weighted by molar-refractivity contribution is 0.278. The first-order valence-electron chi connectivity index (χ1n) is 5.12. The molecule has 4 nitrogen and oxygen atoms in total. The lowest BCUT2D eigenvalue weighted by Crippen LogP contribution is -2.07. The van der Waals surface area contributed by atoms with Crippen LogP contribution in [0, 0.1) is 0 Å². The Kier molecular flexibility index (Phi) is 2.60. The van der Waals surface area contributed by atoms with E-state index >= 15 is 0 Å². The van der Waals surface area contributed by atoms with Crippen molar-refractivity contribution in [2.45, 2.75) is 19.9 Å². The number of nitrogens with two attached hydrogens (primary N) is 1. The van der Waals surface area contributed by atoms with Gasteiger partial charge in [0.15, 0.2) is 0 Å². The van der Waals surface area contributed by atoms with Crippen LogP contribution in [-0.4, -0.2) is 21.3 Å². The molecule has 0 saturated carbocycles. The Morgan fingerprint density at radius 3 is 2.93 bits per heavy atom. The molecule has 0 aliphatic carbocycles. The predicted octanol–water partition coefficient (Wildman–Crippen LogP) is 1.17. The van der Waals surface area contributed by atoms with Gasteiger partial charge in [0.2, 0.25) is 5.95 Å². The molecule has 0 saturated heterocycles. The van der Waals surface area contributed by atoms with E-state index < -0.39 is 0 Å². The number of benzene rings is 1. The molecule has 2 rings (SSSR count). The van der Waals surface area contributed by atoms with E-state index in [4.69, 9.17) is 10.8 Å². The average Bonchev–Trinajstić information content (AvgIpc) is 2.56. The molecule has 1 aromatic carbocycles. The predicted molar refractivity (Wildman–Crippen MR) is 60.6 cm³/mol. The number of nitrogens with zero attached hydrogens (tertiary/aromatic N) is 2. The third-order valence-electron chi connectivity index (χ3n) is 2.58. The highest BCUT2D eigenvalue weighted by Crippen LogP contribution is 2.21. The molecule has 4 heteroatoms. The molecule has 0 unspecified atom stereocenters. The first kappa shape index (κ1) is 9.98. The van der Waals surface area contributed by atoms with E-state index in [2.05, 4.69) is 18.0 Å². The van der Waals surface area contributed by atoms with Gasteiger partial charge in [0, 0.05) is 6.54 Å². The standard InChI is InChI=1S/C11H15N3O/c1-2-8-4-3-5-9-10(8)14(6-7-15)11(12)13-9/h3-5,15H,2,6-7H2,1H3,(H2,12,13). The van der Waals surface area contributed by atoms with Gasteiger partial charge in [-0.2, -0.15) is 0 Å². The lowest BCUT2D eigenvalue weighted by atomic mass is 10.1. The summed E-state index contributed by atoms with van der Waals surface area (Å²) >= 11 is 0. The molecule has 0 spiro atoms. The number of aliphatic hydroxyl groups is 1. The zero-order chi connectivity index (χ0) is 10.8. The van der Waals surface area contributed by atoms with E-state index in [9.17, 15) is 0 Å². The Morgan fingerprint density at radius 1 is 1.47 bits per heavy atom. The molecule has 0 amide bonds. The lowest BCUT2D eigenvalue weighted by Gasteiger charge is -2.06. The van der Waals surface area contributed by atoms with Crippen molar-refractivity contribution in [1.82, 2.24) is 9.55 Å². The fourth-order valence-corrected chi connectivity index (χ4v) is 1.89. The highest BCUT2D eigenvalue weighted by Gasteiger charge is 2.10. The number of aromatic nitrogens is 2. The number of aliphatic hydroxyl groups excluding tert-OH is 1. The van der Waals surface area contributed by atoms with Crippen LogP contribution in [0.1, 0.15) is 12.5 Å². The monoisotopic (exact) mass is 205 g/mol. The summed E-state index contributed by atoms with van der Waals surface area (Å²) in [6.07, 6.45) is 0.938. The van der Waals surface area contributed by atoms with Crippen molar-refractivity contribution in [3.63, 3.8) is 0 Å². The molecular weight excluding hydrogens is 190 g/mol. The summed E-state index contributed by atoms with van der Waals surface area (Å²) in [6, 6.07) is 5.99. The van der Waals surface area contributed by atoms with E-state index in [-0.39, 0.29) is 6.61 Å². The van der Waals surface area contributed by atoms with E-state index in [1.807, 2.05) is 16.7 Å². The number of anilines is 1. The van der Waals surface area contributed by atoms with Crippen LogP contribution in [-0.2, 0) is 13.0 Å². The van der Waals surface area contributed by atoms with Gasteiger partial charge in [-0.1, -0.05) is 19.1 Å². The third-order valence-corrected chi connectivity index (χ3v) is 2.58. The number of fused-ring (bicyclic) bond motifs is 1. The van der Waals surface area contributed by atoms with Crippen LogP contribution in [0.4, 0.5) is 5.95 Å².